The van der Waals surface area contributed by atoms with Gasteiger partial charge < -0.3 is 15.7 Å². The molecule has 0 atom stereocenters. The number of carboxylic acid groups (broad SMARTS) is 1. The topological polar surface area (TPSA) is 79.5 Å². The number of nitrogen functional groups attached to an aromatic ring is 1. The number of carboxylic acids is 1. The molecule has 0 aliphatic heterocycles. The van der Waals surface area contributed by atoms with Crippen molar-refractivity contribution < 1.29 is 9.90 Å². The van der Waals surface area contributed by atoms with E-state index in [0.717, 1.165) is 30.7 Å². The summed E-state index contributed by atoms with van der Waals surface area (Å²) >= 11 is 0. The maximum absolute atomic E-state index is 10.9. The summed E-state index contributed by atoms with van der Waals surface area (Å²) < 4.78 is 0. The molecule has 2 aliphatic rings. The second-order valence-corrected chi connectivity index (χ2v) is 5.73. The van der Waals surface area contributed by atoms with Gasteiger partial charge in [0.25, 0.3) is 0 Å². The lowest BCUT2D eigenvalue weighted by atomic mass is 10.2. The molecule has 0 bridgehead atoms. The minimum absolute atomic E-state index is 0.152. The first-order valence-corrected chi connectivity index (χ1v) is 6.87. The summed E-state index contributed by atoms with van der Waals surface area (Å²) in [5.41, 5.74) is 6.61. The zero-order chi connectivity index (χ0) is 13.4. The third kappa shape index (κ3) is 2.97. The van der Waals surface area contributed by atoms with Gasteiger partial charge in [-0.25, -0.2) is 9.78 Å². The zero-order valence-electron chi connectivity index (χ0n) is 10.9. The standard InChI is InChI=1S/C14H19N3O2/c15-12-5-11(14(18)19)6-16-13(12)17(7-9-1-2-9)8-10-3-4-10/h5-6,9-10H,1-4,7-8,15H2,(H,18,19). The number of anilines is 2. The third-order valence-corrected chi connectivity index (χ3v) is 3.79. The zero-order valence-corrected chi connectivity index (χ0v) is 10.9. The van der Waals surface area contributed by atoms with Gasteiger partial charge in [0.2, 0.25) is 0 Å². The van der Waals surface area contributed by atoms with Crippen molar-refractivity contribution in [3.8, 4) is 0 Å². The van der Waals surface area contributed by atoms with Crippen LogP contribution >= 0.6 is 0 Å². The predicted molar refractivity (Wildman–Crippen MR) is 73.3 cm³/mol. The van der Waals surface area contributed by atoms with Crippen LogP contribution in [0, 0.1) is 11.8 Å². The minimum atomic E-state index is -0.985. The Morgan fingerprint density at radius 2 is 1.89 bits per heavy atom. The van der Waals surface area contributed by atoms with E-state index in [1.54, 1.807) is 0 Å². The SMILES string of the molecule is Nc1cc(C(=O)O)cnc1N(CC1CC1)CC1CC1. The smallest absolute Gasteiger partial charge is 0.337 e. The number of nitrogens with two attached hydrogens (primary N) is 1. The molecule has 0 amide bonds. The highest BCUT2D eigenvalue weighted by atomic mass is 16.4. The first kappa shape index (κ1) is 12.3. The van der Waals surface area contributed by atoms with Crippen LogP contribution in [0.3, 0.4) is 0 Å². The van der Waals surface area contributed by atoms with E-state index in [-0.39, 0.29) is 5.56 Å². The van der Waals surface area contributed by atoms with E-state index in [0.29, 0.717) is 5.69 Å². The Morgan fingerprint density at radius 3 is 2.32 bits per heavy atom. The van der Waals surface area contributed by atoms with E-state index >= 15 is 0 Å². The molecule has 5 nitrogen and oxygen atoms in total. The van der Waals surface area contributed by atoms with Crippen molar-refractivity contribution in [2.45, 2.75) is 25.7 Å². The molecule has 1 heterocycles. The Labute approximate surface area is 112 Å². The molecule has 0 spiro atoms. The molecular weight excluding hydrogens is 242 g/mol. The maximum Gasteiger partial charge on any atom is 0.337 e. The van der Waals surface area contributed by atoms with Gasteiger partial charge in [-0.05, 0) is 43.6 Å². The largest absolute Gasteiger partial charge is 0.478 e. The third-order valence-electron chi connectivity index (χ3n) is 3.79. The summed E-state index contributed by atoms with van der Waals surface area (Å²) in [5, 5.41) is 8.94. The van der Waals surface area contributed by atoms with Crippen LogP contribution in [0.4, 0.5) is 11.5 Å². The Balaban J connectivity index is 1.80. The molecule has 0 aromatic carbocycles. The molecule has 2 saturated carbocycles. The van der Waals surface area contributed by atoms with Crippen molar-refractivity contribution in [2.75, 3.05) is 23.7 Å². The Morgan fingerprint density at radius 1 is 1.32 bits per heavy atom. The van der Waals surface area contributed by atoms with Gasteiger partial charge in [-0.3, -0.25) is 0 Å². The van der Waals surface area contributed by atoms with Crippen LogP contribution in [0.15, 0.2) is 12.3 Å². The van der Waals surface area contributed by atoms with Crippen molar-refractivity contribution in [2.24, 2.45) is 11.8 Å². The van der Waals surface area contributed by atoms with E-state index in [9.17, 15) is 4.79 Å². The van der Waals surface area contributed by atoms with Crippen LogP contribution in [0.5, 0.6) is 0 Å². The molecule has 2 aliphatic carbocycles. The van der Waals surface area contributed by atoms with Gasteiger partial charge >= 0.3 is 5.97 Å². The number of hydrogen-bond acceptors (Lipinski definition) is 4. The Bertz CT molecular complexity index is 481. The first-order chi connectivity index (χ1) is 9.13. The predicted octanol–water partition coefficient (Wildman–Crippen LogP) is 1.99. The van der Waals surface area contributed by atoms with Gasteiger partial charge in [0.15, 0.2) is 5.82 Å². The summed E-state index contributed by atoms with van der Waals surface area (Å²) in [6, 6.07) is 1.51. The number of aromatic carboxylic acids is 1. The lowest BCUT2D eigenvalue weighted by Gasteiger charge is -2.25. The van der Waals surface area contributed by atoms with Crippen molar-refractivity contribution in [1.29, 1.82) is 0 Å². The molecule has 1 aromatic heterocycles. The summed E-state index contributed by atoms with van der Waals surface area (Å²) in [4.78, 5) is 17.4. The molecule has 102 valence electrons. The lowest BCUT2D eigenvalue weighted by Crippen LogP contribution is -2.29. The molecule has 2 fully saturated rings. The number of carbonyl (C=O) groups is 1. The monoisotopic (exact) mass is 261 g/mol. The van der Waals surface area contributed by atoms with E-state index in [2.05, 4.69) is 9.88 Å². The molecule has 5 heteroatoms. The molecule has 19 heavy (non-hydrogen) atoms. The van der Waals surface area contributed by atoms with Gasteiger partial charge in [0, 0.05) is 19.3 Å². The average Bonchev–Trinajstić information content (AvgIpc) is 3.23. The number of aromatic nitrogens is 1. The van der Waals surface area contributed by atoms with Crippen LogP contribution in [0.2, 0.25) is 0 Å². The van der Waals surface area contributed by atoms with Crippen molar-refractivity contribution in [1.82, 2.24) is 4.98 Å². The van der Waals surface area contributed by atoms with E-state index in [1.807, 2.05) is 0 Å². The van der Waals surface area contributed by atoms with Crippen LogP contribution in [0.1, 0.15) is 36.0 Å². The molecule has 0 radical (unpaired) electrons. The van der Waals surface area contributed by atoms with Crippen molar-refractivity contribution >= 4 is 17.5 Å². The van der Waals surface area contributed by atoms with Crippen LogP contribution in [-0.2, 0) is 0 Å². The average molecular weight is 261 g/mol. The van der Waals surface area contributed by atoms with E-state index in [4.69, 9.17) is 10.8 Å². The highest BCUT2D eigenvalue weighted by Gasteiger charge is 2.30. The quantitative estimate of drug-likeness (QED) is 0.818. The van der Waals surface area contributed by atoms with Gasteiger partial charge in [0.05, 0.1) is 11.3 Å². The van der Waals surface area contributed by atoms with Crippen molar-refractivity contribution in [3.63, 3.8) is 0 Å². The van der Waals surface area contributed by atoms with Crippen LogP contribution < -0.4 is 10.6 Å². The summed E-state index contributed by atoms with van der Waals surface area (Å²) in [6.45, 7) is 2.00. The number of pyridine rings is 1. The molecule has 0 saturated heterocycles. The fraction of sp³-hybridized carbons (Fsp3) is 0.571. The van der Waals surface area contributed by atoms with Crippen LogP contribution in [0.25, 0.3) is 0 Å². The highest BCUT2D eigenvalue weighted by molar-refractivity contribution is 5.89. The molecular formula is C14H19N3O2. The summed E-state index contributed by atoms with van der Waals surface area (Å²) in [5.74, 6) is 1.30. The van der Waals surface area contributed by atoms with E-state index in [1.165, 1.54) is 37.9 Å². The van der Waals surface area contributed by atoms with Gasteiger partial charge in [-0.1, -0.05) is 0 Å². The second kappa shape index (κ2) is 4.72. The van der Waals surface area contributed by atoms with Gasteiger partial charge in [0.1, 0.15) is 0 Å². The minimum Gasteiger partial charge on any atom is -0.478 e. The lowest BCUT2D eigenvalue weighted by molar-refractivity contribution is 0.0696. The highest BCUT2D eigenvalue weighted by Crippen LogP contribution is 2.36. The molecule has 1 aromatic rings. The van der Waals surface area contributed by atoms with E-state index < -0.39 is 5.97 Å². The van der Waals surface area contributed by atoms with Gasteiger partial charge in [-0.2, -0.15) is 0 Å². The Hall–Kier alpha value is -1.78. The van der Waals surface area contributed by atoms with Crippen LogP contribution in [-0.4, -0.2) is 29.1 Å². The second-order valence-electron chi connectivity index (χ2n) is 5.73. The van der Waals surface area contributed by atoms with Crippen molar-refractivity contribution in [3.05, 3.63) is 17.8 Å². The number of nitrogens with zero attached hydrogens (tertiary/aromatic N) is 2. The van der Waals surface area contributed by atoms with Gasteiger partial charge in [-0.15, -0.1) is 0 Å². The molecule has 3 N–H and O–H groups in total. The summed E-state index contributed by atoms with van der Waals surface area (Å²) in [7, 11) is 0. The first-order valence-electron chi connectivity index (χ1n) is 6.87. The Kier molecular flexibility index (Phi) is 3.05. The molecule has 3 rings (SSSR count). The normalized spacial score (nSPS) is 18.3. The summed E-state index contributed by atoms with van der Waals surface area (Å²) in [6.07, 6.45) is 6.55. The number of rotatable bonds is 6. The molecule has 0 unspecified atom stereocenters. The fourth-order valence-corrected chi connectivity index (χ4v) is 2.33. The fourth-order valence-electron chi connectivity index (χ4n) is 2.33. The number of hydrogen-bond donors (Lipinski definition) is 2. The maximum atomic E-state index is 10.9.